The van der Waals surface area contributed by atoms with Crippen LogP contribution in [0.25, 0.3) is 0 Å². The Labute approximate surface area is 76.9 Å². The Hall–Kier alpha value is 0.180. The van der Waals surface area contributed by atoms with Crippen LogP contribution in [0, 0.1) is 0 Å². The molecule has 0 aromatic rings. The van der Waals surface area contributed by atoms with Gasteiger partial charge in [-0.05, 0) is 19.3 Å². The first-order chi connectivity index (χ1) is 5.38. The second-order valence-electron chi connectivity index (χ2n) is 2.82. The van der Waals surface area contributed by atoms with Crippen molar-refractivity contribution in [1.82, 2.24) is 0 Å². The number of hydrogen-bond donors (Lipinski definition) is 0. The summed E-state index contributed by atoms with van der Waals surface area (Å²) in [5.41, 5.74) is 0. The van der Waals surface area contributed by atoms with Crippen molar-refractivity contribution in [3.8, 4) is 0 Å². The van der Waals surface area contributed by atoms with E-state index in [0.29, 0.717) is 12.2 Å². The Balaban J connectivity index is 1.93. The summed E-state index contributed by atoms with van der Waals surface area (Å²) in [7, 11) is 0. The molecular weight excluding hydrogens is 204 g/mol. The van der Waals surface area contributed by atoms with Crippen molar-refractivity contribution in [2.75, 3.05) is 5.33 Å². The van der Waals surface area contributed by atoms with Crippen molar-refractivity contribution >= 4 is 15.9 Å². The lowest BCUT2D eigenvalue weighted by molar-refractivity contribution is 0.373. The number of alkyl halides is 1. The molecule has 0 aromatic carbocycles. The van der Waals surface area contributed by atoms with Crippen LogP contribution in [0.1, 0.15) is 26.2 Å². The van der Waals surface area contributed by atoms with Crippen molar-refractivity contribution < 1.29 is 4.74 Å². The van der Waals surface area contributed by atoms with E-state index in [4.69, 9.17) is 4.74 Å². The molecule has 0 aromatic heterocycles. The smallest absolute Gasteiger partial charge is 0.0938 e. The lowest BCUT2D eigenvalue weighted by atomic mass is 10.2. The summed E-state index contributed by atoms with van der Waals surface area (Å²) in [4.78, 5) is 0. The van der Waals surface area contributed by atoms with Gasteiger partial charge in [0, 0.05) is 5.33 Å². The van der Waals surface area contributed by atoms with Crippen LogP contribution < -0.4 is 0 Å². The molecule has 1 saturated heterocycles. The van der Waals surface area contributed by atoms with Crippen molar-refractivity contribution in [3.63, 3.8) is 0 Å². The number of rotatable bonds is 5. The van der Waals surface area contributed by atoms with Crippen LogP contribution in [0.5, 0.6) is 0 Å². The standard InChI is InChI=1S/C9H15BrO/c1-2-3-4-5-6-8-9(7-10)11-8/h3-4,8-9H,2,5-7H2,1H3/b4-3-/t8-,9-/m1/s1. The first-order valence-electron chi connectivity index (χ1n) is 4.25. The first kappa shape index (κ1) is 9.27. The molecule has 0 unspecified atom stereocenters. The minimum Gasteiger partial charge on any atom is -0.369 e. The molecule has 64 valence electrons. The molecule has 1 fully saturated rings. The van der Waals surface area contributed by atoms with Crippen molar-refractivity contribution in [1.29, 1.82) is 0 Å². The van der Waals surface area contributed by atoms with E-state index >= 15 is 0 Å². The van der Waals surface area contributed by atoms with E-state index in [9.17, 15) is 0 Å². The van der Waals surface area contributed by atoms with Gasteiger partial charge in [-0.15, -0.1) is 0 Å². The zero-order chi connectivity index (χ0) is 8.10. The normalized spacial score (nSPS) is 29.6. The van der Waals surface area contributed by atoms with Crippen LogP contribution in [-0.2, 0) is 4.74 Å². The maximum Gasteiger partial charge on any atom is 0.0938 e. The Morgan fingerprint density at radius 1 is 1.36 bits per heavy atom. The average molecular weight is 219 g/mol. The maximum absolute atomic E-state index is 5.37. The van der Waals surface area contributed by atoms with Gasteiger partial charge in [0.2, 0.25) is 0 Å². The molecule has 2 atom stereocenters. The Bertz CT molecular complexity index is 134. The maximum atomic E-state index is 5.37. The van der Waals surface area contributed by atoms with Gasteiger partial charge in [-0.2, -0.15) is 0 Å². The zero-order valence-electron chi connectivity index (χ0n) is 6.92. The fourth-order valence-corrected chi connectivity index (χ4v) is 1.68. The number of ether oxygens (including phenoxy) is 1. The van der Waals surface area contributed by atoms with Gasteiger partial charge >= 0.3 is 0 Å². The van der Waals surface area contributed by atoms with E-state index in [1.54, 1.807) is 0 Å². The van der Waals surface area contributed by atoms with Crippen molar-refractivity contribution in [3.05, 3.63) is 12.2 Å². The third-order valence-electron chi connectivity index (χ3n) is 1.86. The SMILES string of the molecule is CC/C=C\CC[C@H]1O[C@@H]1CBr. The molecule has 0 bridgehead atoms. The van der Waals surface area contributed by atoms with Gasteiger partial charge in [0.05, 0.1) is 12.2 Å². The number of allylic oxidation sites excluding steroid dienone is 2. The highest BCUT2D eigenvalue weighted by molar-refractivity contribution is 9.09. The van der Waals surface area contributed by atoms with Gasteiger partial charge < -0.3 is 4.74 Å². The Morgan fingerprint density at radius 3 is 2.73 bits per heavy atom. The first-order valence-corrected chi connectivity index (χ1v) is 5.37. The van der Waals surface area contributed by atoms with E-state index in [2.05, 4.69) is 35.0 Å². The highest BCUT2D eigenvalue weighted by Gasteiger charge is 2.36. The molecule has 0 aliphatic carbocycles. The summed E-state index contributed by atoms with van der Waals surface area (Å²) >= 11 is 3.40. The largest absolute Gasteiger partial charge is 0.369 e. The number of halogens is 1. The van der Waals surface area contributed by atoms with Gasteiger partial charge in [0.1, 0.15) is 0 Å². The van der Waals surface area contributed by atoms with E-state index in [1.165, 1.54) is 12.8 Å². The summed E-state index contributed by atoms with van der Waals surface area (Å²) < 4.78 is 5.37. The number of epoxide rings is 1. The van der Waals surface area contributed by atoms with Crippen LogP contribution in [0.4, 0.5) is 0 Å². The van der Waals surface area contributed by atoms with E-state index < -0.39 is 0 Å². The van der Waals surface area contributed by atoms with Gasteiger partial charge in [-0.3, -0.25) is 0 Å². The highest BCUT2D eigenvalue weighted by atomic mass is 79.9. The summed E-state index contributed by atoms with van der Waals surface area (Å²) in [5, 5.41) is 0.995. The Morgan fingerprint density at radius 2 is 2.18 bits per heavy atom. The lowest BCUT2D eigenvalue weighted by Crippen LogP contribution is -1.93. The van der Waals surface area contributed by atoms with Crippen LogP contribution in [0.3, 0.4) is 0 Å². The summed E-state index contributed by atoms with van der Waals surface area (Å²) in [6.45, 7) is 2.16. The monoisotopic (exact) mass is 218 g/mol. The molecule has 0 radical (unpaired) electrons. The quantitative estimate of drug-likeness (QED) is 0.393. The minimum atomic E-state index is 0.505. The predicted octanol–water partition coefficient (Wildman–Crippen LogP) is 2.90. The summed E-state index contributed by atoms with van der Waals surface area (Å²) in [6, 6.07) is 0. The average Bonchev–Trinajstić information content (AvgIpc) is 2.77. The second kappa shape index (κ2) is 4.94. The summed E-state index contributed by atoms with van der Waals surface area (Å²) in [6.07, 6.45) is 9.00. The van der Waals surface area contributed by atoms with Gasteiger partial charge in [-0.1, -0.05) is 35.0 Å². The van der Waals surface area contributed by atoms with Gasteiger partial charge in [0.25, 0.3) is 0 Å². The molecule has 1 aliphatic rings. The van der Waals surface area contributed by atoms with Crippen molar-refractivity contribution in [2.24, 2.45) is 0 Å². The molecule has 0 spiro atoms. The van der Waals surface area contributed by atoms with E-state index in [-0.39, 0.29) is 0 Å². The molecule has 2 heteroatoms. The third kappa shape index (κ3) is 3.39. The summed E-state index contributed by atoms with van der Waals surface area (Å²) in [5.74, 6) is 0. The number of hydrogen-bond acceptors (Lipinski definition) is 1. The van der Waals surface area contributed by atoms with Crippen molar-refractivity contribution in [2.45, 2.75) is 38.4 Å². The van der Waals surface area contributed by atoms with Crippen LogP contribution in [-0.4, -0.2) is 17.5 Å². The molecular formula is C9H15BrO. The van der Waals surface area contributed by atoms with E-state index in [0.717, 1.165) is 11.8 Å². The fraction of sp³-hybridized carbons (Fsp3) is 0.778. The lowest BCUT2D eigenvalue weighted by Gasteiger charge is -1.87. The topological polar surface area (TPSA) is 12.5 Å². The molecule has 0 N–H and O–H groups in total. The zero-order valence-corrected chi connectivity index (χ0v) is 8.51. The second-order valence-corrected chi connectivity index (χ2v) is 3.47. The van der Waals surface area contributed by atoms with Gasteiger partial charge in [0.15, 0.2) is 0 Å². The predicted molar refractivity (Wildman–Crippen MR) is 51.1 cm³/mol. The third-order valence-corrected chi connectivity index (χ3v) is 2.50. The molecule has 1 nitrogen and oxygen atoms in total. The Kier molecular flexibility index (Phi) is 4.16. The highest BCUT2D eigenvalue weighted by Crippen LogP contribution is 2.27. The fourth-order valence-electron chi connectivity index (χ4n) is 1.11. The van der Waals surface area contributed by atoms with Crippen LogP contribution in [0.2, 0.25) is 0 Å². The van der Waals surface area contributed by atoms with Crippen LogP contribution in [0.15, 0.2) is 12.2 Å². The molecule has 0 amide bonds. The molecule has 1 aliphatic heterocycles. The van der Waals surface area contributed by atoms with Crippen LogP contribution >= 0.6 is 15.9 Å². The molecule has 1 heterocycles. The van der Waals surface area contributed by atoms with Gasteiger partial charge in [-0.25, -0.2) is 0 Å². The minimum absolute atomic E-state index is 0.505. The van der Waals surface area contributed by atoms with E-state index in [1.807, 2.05) is 0 Å². The molecule has 11 heavy (non-hydrogen) atoms. The molecule has 0 saturated carbocycles. The molecule has 1 rings (SSSR count).